The zero-order chi connectivity index (χ0) is 13.0. The third-order valence-corrected chi connectivity index (χ3v) is 4.29. The molecule has 0 spiro atoms. The van der Waals surface area contributed by atoms with Gasteiger partial charge >= 0.3 is 0 Å². The summed E-state index contributed by atoms with van der Waals surface area (Å²) in [6.45, 7) is 2.15. The molecule has 0 aliphatic carbocycles. The van der Waals surface area contributed by atoms with Crippen molar-refractivity contribution in [1.29, 1.82) is 0 Å². The van der Waals surface area contributed by atoms with Crippen molar-refractivity contribution in [3.8, 4) is 0 Å². The minimum atomic E-state index is 0.0341. The standard InChI is InChI=1S/C15H16ClNS/c1-11(15(17)12-5-3-2-4-6-12)18-14-9-7-13(16)8-10-14/h2-11,15H,17H2,1H3. The Kier molecular flexibility index (Phi) is 4.70. The highest BCUT2D eigenvalue weighted by Gasteiger charge is 2.15. The fourth-order valence-corrected chi connectivity index (χ4v) is 2.90. The molecule has 0 amide bonds. The summed E-state index contributed by atoms with van der Waals surface area (Å²) in [5, 5.41) is 1.08. The number of halogens is 1. The predicted octanol–water partition coefficient (Wildman–Crippen LogP) is 4.52. The SMILES string of the molecule is CC(Sc1ccc(Cl)cc1)C(N)c1ccccc1. The average molecular weight is 278 g/mol. The Labute approximate surface area is 117 Å². The molecule has 1 nitrogen and oxygen atoms in total. The molecule has 0 aromatic heterocycles. The first-order valence-electron chi connectivity index (χ1n) is 5.89. The smallest absolute Gasteiger partial charge is 0.0416 e. The van der Waals surface area contributed by atoms with Crippen LogP contribution >= 0.6 is 23.4 Å². The summed E-state index contributed by atoms with van der Waals surface area (Å²) in [5.74, 6) is 0. The topological polar surface area (TPSA) is 26.0 Å². The second-order valence-electron chi connectivity index (χ2n) is 4.21. The first-order chi connectivity index (χ1) is 8.66. The van der Waals surface area contributed by atoms with Gasteiger partial charge in [-0.3, -0.25) is 0 Å². The summed E-state index contributed by atoms with van der Waals surface area (Å²) in [6, 6.07) is 18.1. The van der Waals surface area contributed by atoms with Crippen LogP contribution in [0.5, 0.6) is 0 Å². The Morgan fingerprint density at radius 2 is 1.61 bits per heavy atom. The van der Waals surface area contributed by atoms with Crippen LogP contribution in [0.4, 0.5) is 0 Å². The van der Waals surface area contributed by atoms with E-state index >= 15 is 0 Å². The third kappa shape index (κ3) is 3.52. The van der Waals surface area contributed by atoms with Gasteiger partial charge in [0.2, 0.25) is 0 Å². The molecule has 0 saturated heterocycles. The zero-order valence-corrected chi connectivity index (χ0v) is 11.8. The van der Waals surface area contributed by atoms with E-state index in [0.29, 0.717) is 5.25 Å². The average Bonchev–Trinajstić information content (AvgIpc) is 2.41. The summed E-state index contributed by atoms with van der Waals surface area (Å²) < 4.78 is 0. The van der Waals surface area contributed by atoms with Crippen LogP contribution in [0.3, 0.4) is 0 Å². The van der Waals surface area contributed by atoms with Gasteiger partial charge in [-0.05, 0) is 29.8 Å². The van der Waals surface area contributed by atoms with Gasteiger partial charge in [0.15, 0.2) is 0 Å². The van der Waals surface area contributed by atoms with Crippen LogP contribution in [-0.2, 0) is 0 Å². The molecular weight excluding hydrogens is 262 g/mol. The highest BCUT2D eigenvalue weighted by Crippen LogP contribution is 2.31. The van der Waals surface area contributed by atoms with Crippen molar-refractivity contribution in [1.82, 2.24) is 0 Å². The Balaban J connectivity index is 2.03. The van der Waals surface area contributed by atoms with Gasteiger partial charge in [0.1, 0.15) is 0 Å². The summed E-state index contributed by atoms with van der Waals surface area (Å²) in [6.07, 6.45) is 0. The van der Waals surface area contributed by atoms with Gasteiger partial charge in [-0.15, -0.1) is 11.8 Å². The lowest BCUT2D eigenvalue weighted by molar-refractivity contribution is 0.715. The van der Waals surface area contributed by atoms with Crippen LogP contribution in [0.15, 0.2) is 59.5 Å². The number of hydrogen-bond acceptors (Lipinski definition) is 2. The van der Waals surface area contributed by atoms with Gasteiger partial charge in [-0.25, -0.2) is 0 Å². The van der Waals surface area contributed by atoms with E-state index in [4.69, 9.17) is 17.3 Å². The Bertz CT molecular complexity index is 484. The van der Waals surface area contributed by atoms with E-state index in [1.807, 2.05) is 42.5 Å². The van der Waals surface area contributed by atoms with Crippen LogP contribution in [0.2, 0.25) is 5.02 Å². The molecule has 0 saturated carbocycles. The molecule has 18 heavy (non-hydrogen) atoms. The Morgan fingerprint density at radius 3 is 2.22 bits per heavy atom. The lowest BCUT2D eigenvalue weighted by atomic mass is 10.1. The van der Waals surface area contributed by atoms with Gasteiger partial charge in [-0.1, -0.05) is 48.9 Å². The van der Waals surface area contributed by atoms with Crippen LogP contribution < -0.4 is 5.73 Å². The molecule has 94 valence electrons. The number of rotatable bonds is 4. The van der Waals surface area contributed by atoms with Crippen molar-refractivity contribution in [3.63, 3.8) is 0 Å². The molecule has 3 heteroatoms. The van der Waals surface area contributed by atoms with Gasteiger partial charge in [0, 0.05) is 21.2 Å². The first-order valence-corrected chi connectivity index (χ1v) is 7.15. The monoisotopic (exact) mass is 277 g/mol. The highest BCUT2D eigenvalue weighted by atomic mass is 35.5. The van der Waals surface area contributed by atoms with Crippen molar-refractivity contribution in [2.75, 3.05) is 0 Å². The largest absolute Gasteiger partial charge is 0.323 e. The minimum Gasteiger partial charge on any atom is -0.323 e. The lowest BCUT2D eigenvalue weighted by Gasteiger charge is -2.19. The van der Waals surface area contributed by atoms with E-state index in [1.54, 1.807) is 11.8 Å². The summed E-state index contributed by atoms with van der Waals surface area (Å²) in [4.78, 5) is 1.19. The van der Waals surface area contributed by atoms with Gasteiger partial charge in [0.25, 0.3) is 0 Å². The molecule has 0 bridgehead atoms. The fourth-order valence-electron chi connectivity index (χ4n) is 1.75. The third-order valence-electron chi connectivity index (χ3n) is 2.83. The quantitative estimate of drug-likeness (QED) is 0.832. The highest BCUT2D eigenvalue weighted by molar-refractivity contribution is 8.00. The summed E-state index contributed by atoms with van der Waals surface area (Å²) in [5.41, 5.74) is 7.44. The fraction of sp³-hybridized carbons (Fsp3) is 0.200. The molecule has 2 aromatic rings. The molecule has 0 fully saturated rings. The van der Waals surface area contributed by atoms with E-state index in [1.165, 1.54) is 10.5 Å². The molecule has 0 radical (unpaired) electrons. The molecule has 2 rings (SSSR count). The van der Waals surface area contributed by atoms with Crippen LogP contribution in [0.1, 0.15) is 18.5 Å². The Morgan fingerprint density at radius 1 is 1.00 bits per heavy atom. The van der Waals surface area contributed by atoms with Crippen LogP contribution in [0, 0.1) is 0 Å². The van der Waals surface area contributed by atoms with E-state index in [0.717, 1.165) is 5.02 Å². The van der Waals surface area contributed by atoms with E-state index in [9.17, 15) is 0 Å². The predicted molar refractivity (Wildman–Crippen MR) is 80.1 cm³/mol. The molecule has 0 heterocycles. The molecule has 0 aliphatic heterocycles. The maximum atomic E-state index is 6.27. The van der Waals surface area contributed by atoms with Gasteiger partial charge in [0.05, 0.1) is 0 Å². The van der Waals surface area contributed by atoms with E-state index in [-0.39, 0.29) is 6.04 Å². The van der Waals surface area contributed by atoms with E-state index < -0.39 is 0 Å². The van der Waals surface area contributed by atoms with Crippen molar-refractivity contribution in [2.24, 2.45) is 5.73 Å². The first kappa shape index (κ1) is 13.5. The number of benzene rings is 2. The summed E-state index contributed by atoms with van der Waals surface area (Å²) >= 11 is 7.64. The van der Waals surface area contributed by atoms with Gasteiger partial charge < -0.3 is 5.73 Å². The van der Waals surface area contributed by atoms with Crippen molar-refractivity contribution >= 4 is 23.4 Å². The van der Waals surface area contributed by atoms with Gasteiger partial charge in [-0.2, -0.15) is 0 Å². The van der Waals surface area contributed by atoms with Crippen molar-refractivity contribution < 1.29 is 0 Å². The molecule has 2 unspecified atom stereocenters. The minimum absolute atomic E-state index is 0.0341. The molecule has 2 atom stereocenters. The second kappa shape index (κ2) is 6.28. The maximum absolute atomic E-state index is 6.27. The van der Waals surface area contributed by atoms with Crippen molar-refractivity contribution in [2.45, 2.75) is 23.1 Å². The number of hydrogen-bond donors (Lipinski definition) is 1. The number of nitrogens with two attached hydrogens (primary N) is 1. The van der Waals surface area contributed by atoms with Crippen LogP contribution in [-0.4, -0.2) is 5.25 Å². The lowest BCUT2D eigenvalue weighted by Crippen LogP contribution is -2.20. The Hall–Kier alpha value is -0.960. The molecular formula is C15H16ClNS. The normalized spacial score (nSPS) is 14.2. The summed E-state index contributed by atoms with van der Waals surface area (Å²) in [7, 11) is 0. The molecule has 0 aliphatic rings. The van der Waals surface area contributed by atoms with E-state index in [2.05, 4.69) is 19.1 Å². The zero-order valence-electron chi connectivity index (χ0n) is 10.2. The van der Waals surface area contributed by atoms with Crippen LogP contribution in [0.25, 0.3) is 0 Å². The molecule has 2 N–H and O–H groups in total. The maximum Gasteiger partial charge on any atom is 0.0416 e. The van der Waals surface area contributed by atoms with Crippen molar-refractivity contribution in [3.05, 3.63) is 65.2 Å². The number of thioether (sulfide) groups is 1. The second-order valence-corrected chi connectivity index (χ2v) is 6.10. The molecule has 2 aromatic carbocycles.